The van der Waals surface area contributed by atoms with Gasteiger partial charge in [-0.25, -0.2) is 14.4 Å². The fourth-order valence-electron chi connectivity index (χ4n) is 1.57. The number of benzene rings is 1. The second-order valence-corrected chi connectivity index (χ2v) is 3.95. The van der Waals surface area contributed by atoms with Gasteiger partial charge < -0.3 is 14.2 Å². The van der Waals surface area contributed by atoms with Crippen LogP contribution < -0.4 is 0 Å². The second kappa shape index (κ2) is 9.35. The molecule has 6 heteroatoms. The van der Waals surface area contributed by atoms with Crippen LogP contribution in [0.5, 0.6) is 0 Å². The molecule has 0 radical (unpaired) electrons. The van der Waals surface area contributed by atoms with Crippen molar-refractivity contribution >= 4 is 17.9 Å². The van der Waals surface area contributed by atoms with Gasteiger partial charge in [0.2, 0.25) is 0 Å². The van der Waals surface area contributed by atoms with Crippen LogP contribution in [0.2, 0.25) is 0 Å². The number of rotatable bonds is 3. The van der Waals surface area contributed by atoms with Crippen molar-refractivity contribution in [2.75, 3.05) is 0 Å². The van der Waals surface area contributed by atoms with Crippen LogP contribution in [-0.4, -0.2) is 17.9 Å². The number of hydrogen-bond acceptors (Lipinski definition) is 6. The molecule has 1 aromatic rings. The Morgan fingerprint density at radius 3 is 1.46 bits per heavy atom. The molecule has 0 unspecified atom stereocenters. The van der Waals surface area contributed by atoms with Crippen molar-refractivity contribution in [3.05, 3.63) is 34.9 Å². The average molecular weight is 324 g/mol. The fraction of sp³-hybridized carbons (Fsp3) is 0.167. The normalized spacial score (nSPS) is 8.12. The summed E-state index contributed by atoms with van der Waals surface area (Å²) < 4.78 is 14.0. The molecule has 120 valence electrons. The molecule has 0 aromatic heterocycles. The van der Waals surface area contributed by atoms with E-state index >= 15 is 0 Å². The summed E-state index contributed by atoms with van der Waals surface area (Å²) in [6.07, 6.45) is 6.35. The van der Waals surface area contributed by atoms with Gasteiger partial charge in [0.05, 0.1) is 16.7 Å². The quantitative estimate of drug-likeness (QED) is 0.481. The van der Waals surface area contributed by atoms with E-state index in [1.54, 1.807) is 0 Å². The number of carbonyl (C=O) groups is 3. The molecule has 0 N–H and O–H groups in total. The largest absolute Gasteiger partial charge is 0.369 e. The Labute approximate surface area is 139 Å². The van der Waals surface area contributed by atoms with Crippen molar-refractivity contribution in [1.82, 2.24) is 0 Å². The van der Waals surface area contributed by atoms with E-state index in [-0.39, 0.29) is 16.7 Å². The minimum atomic E-state index is -1.00. The molecule has 0 spiro atoms. The molecular weight excluding hydrogens is 312 g/mol. The first-order chi connectivity index (χ1) is 11.6. The van der Waals surface area contributed by atoms with Crippen LogP contribution in [0, 0.1) is 36.1 Å². The third-order valence-corrected chi connectivity index (χ3v) is 2.45. The van der Waals surface area contributed by atoms with E-state index in [4.69, 9.17) is 0 Å². The molecule has 0 fully saturated rings. The van der Waals surface area contributed by atoms with Crippen LogP contribution in [0.4, 0.5) is 0 Å². The lowest BCUT2D eigenvalue weighted by atomic mass is 10.0. The molecule has 0 heterocycles. The summed E-state index contributed by atoms with van der Waals surface area (Å²) in [5.41, 5.74) is -0.759. The minimum absolute atomic E-state index is 0.209. The molecule has 0 aliphatic carbocycles. The van der Waals surface area contributed by atoms with Crippen LogP contribution in [0.15, 0.2) is 18.2 Å². The number of carbonyl (C=O) groups excluding carboxylic acids is 3. The van der Waals surface area contributed by atoms with E-state index < -0.39 is 17.9 Å². The summed E-state index contributed by atoms with van der Waals surface area (Å²) in [5, 5.41) is 0. The molecule has 1 aromatic carbocycles. The van der Waals surface area contributed by atoms with Gasteiger partial charge in [-0.05, 0) is 12.1 Å². The summed E-state index contributed by atoms with van der Waals surface area (Å²) in [6, 6.07) is 3.96. The lowest BCUT2D eigenvalue weighted by molar-refractivity contribution is 0.0628. The zero-order valence-corrected chi connectivity index (χ0v) is 13.2. The Morgan fingerprint density at radius 1 is 0.708 bits per heavy atom. The van der Waals surface area contributed by atoms with Crippen molar-refractivity contribution < 1.29 is 28.6 Å². The van der Waals surface area contributed by atoms with Gasteiger partial charge >= 0.3 is 17.9 Å². The molecule has 6 nitrogen and oxygen atoms in total. The van der Waals surface area contributed by atoms with Crippen LogP contribution in [0.3, 0.4) is 0 Å². The predicted octanol–water partition coefficient (Wildman–Crippen LogP) is 2.10. The smallest absolute Gasteiger partial charge is 0.353 e. The van der Waals surface area contributed by atoms with Crippen LogP contribution in [0.25, 0.3) is 0 Å². The first-order valence-corrected chi connectivity index (χ1v) is 6.58. The predicted molar refractivity (Wildman–Crippen MR) is 83.0 cm³/mol. The van der Waals surface area contributed by atoms with E-state index in [9.17, 15) is 14.4 Å². The van der Waals surface area contributed by atoms with Crippen molar-refractivity contribution in [2.24, 2.45) is 0 Å². The first kappa shape index (κ1) is 18.4. The zero-order chi connectivity index (χ0) is 17.9. The Morgan fingerprint density at radius 2 is 1.08 bits per heavy atom. The molecule has 0 aliphatic rings. The molecule has 1 rings (SSSR count). The van der Waals surface area contributed by atoms with E-state index in [1.165, 1.54) is 39.0 Å². The van der Waals surface area contributed by atoms with Gasteiger partial charge in [0.15, 0.2) is 0 Å². The topological polar surface area (TPSA) is 78.9 Å². The summed E-state index contributed by atoms with van der Waals surface area (Å²) in [5.74, 6) is 4.27. The Bertz CT molecular complexity index is 794. The van der Waals surface area contributed by atoms with Gasteiger partial charge in [-0.1, -0.05) is 23.8 Å². The molecule has 0 saturated heterocycles. The van der Waals surface area contributed by atoms with Crippen molar-refractivity contribution in [2.45, 2.75) is 20.8 Å². The van der Waals surface area contributed by atoms with Crippen molar-refractivity contribution in [1.29, 1.82) is 0 Å². The summed E-state index contributed by atoms with van der Waals surface area (Å²) in [7, 11) is 0. The monoisotopic (exact) mass is 324 g/mol. The average Bonchev–Trinajstić information content (AvgIpc) is 2.61. The standard InChI is InChI=1S/C18H12O6/c1-4-10-22-16(19)13-8-7-9-14(17(20)23-11-5-2)15(13)18(21)24-12-6-3/h7-9H,1-3H3. The highest BCUT2D eigenvalue weighted by atomic mass is 16.5. The summed E-state index contributed by atoms with van der Waals surface area (Å²) in [6.45, 7) is 4.39. The van der Waals surface area contributed by atoms with Gasteiger partial charge in [-0.15, -0.1) is 0 Å². The Balaban J connectivity index is 3.45. The van der Waals surface area contributed by atoms with E-state index in [0.717, 1.165) is 0 Å². The van der Waals surface area contributed by atoms with E-state index in [0.29, 0.717) is 0 Å². The van der Waals surface area contributed by atoms with Crippen molar-refractivity contribution in [3.8, 4) is 36.1 Å². The molecule has 24 heavy (non-hydrogen) atoms. The number of esters is 3. The zero-order valence-electron chi connectivity index (χ0n) is 13.2. The SMILES string of the molecule is CC#COC(=O)c1cccc(C(=O)OC#CC)c1C(=O)OC#CC. The molecule has 0 saturated carbocycles. The third-order valence-electron chi connectivity index (χ3n) is 2.45. The highest BCUT2D eigenvalue weighted by Crippen LogP contribution is 2.19. The second-order valence-electron chi connectivity index (χ2n) is 3.95. The van der Waals surface area contributed by atoms with Crippen LogP contribution in [-0.2, 0) is 14.2 Å². The third kappa shape index (κ3) is 4.66. The lowest BCUT2D eigenvalue weighted by Gasteiger charge is -2.08. The lowest BCUT2D eigenvalue weighted by Crippen LogP contribution is -2.17. The van der Waals surface area contributed by atoms with Gasteiger partial charge in [0.1, 0.15) is 18.3 Å². The molecule has 0 bridgehead atoms. The number of ether oxygens (including phenoxy) is 3. The van der Waals surface area contributed by atoms with Crippen LogP contribution >= 0.6 is 0 Å². The molecular formula is C18H12O6. The van der Waals surface area contributed by atoms with Gasteiger partial charge in [-0.2, -0.15) is 0 Å². The summed E-state index contributed by atoms with van der Waals surface area (Å²) in [4.78, 5) is 36.3. The highest BCUT2D eigenvalue weighted by molar-refractivity contribution is 6.10. The maximum atomic E-state index is 12.2. The van der Waals surface area contributed by atoms with E-state index in [2.05, 4.69) is 50.3 Å². The minimum Gasteiger partial charge on any atom is -0.369 e. The first-order valence-electron chi connectivity index (χ1n) is 6.58. The van der Waals surface area contributed by atoms with E-state index in [1.807, 2.05) is 0 Å². The van der Waals surface area contributed by atoms with Gasteiger partial charge in [0, 0.05) is 20.8 Å². The highest BCUT2D eigenvalue weighted by Gasteiger charge is 2.27. The van der Waals surface area contributed by atoms with Crippen molar-refractivity contribution in [3.63, 3.8) is 0 Å². The Kier molecular flexibility index (Phi) is 7.15. The molecule has 0 atom stereocenters. The number of hydrogen-bond donors (Lipinski definition) is 0. The maximum absolute atomic E-state index is 12.2. The van der Waals surface area contributed by atoms with Gasteiger partial charge in [0.25, 0.3) is 0 Å². The van der Waals surface area contributed by atoms with Gasteiger partial charge in [-0.3, -0.25) is 0 Å². The Hall–Kier alpha value is -3.69. The van der Waals surface area contributed by atoms with Crippen LogP contribution in [0.1, 0.15) is 51.8 Å². The summed E-state index contributed by atoms with van der Waals surface area (Å²) >= 11 is 0. The maximum Gasteiger partial charge on any atom is 0.353 e. The molecule has 0 aliphatic heterocycles. The molecule has 0 amide bonds. The fourth-order valence-corrected chi connectivity index (χ4v) is 1.57.